The van der Waals surface area contributed by atoms with Crippen LogP contribution < -0.4 is 14.8 Å². The fourth-order valence-electron chi connectivity index (χ4n) is 3.29. The van der Waals surface area contributed by atoms with Gasteiger partial charge in [0, 0.05) is 24.8 Å². The maximum Gasteiger partial charge on any atom is 0.251 e. The van der Waals surface area contributed by atoms with Gasteiger partial charge < -0.3 is 10.1 Å². The van der Waals surface area contributed by atoms with E-state index in [-0.39, 0.29) is 22.9 Å². The lowest BCUT2D eigenvalue weighted by atomic mass is 9.93. The number of aromatic nitrogens is 1. The minimum Gasteiger partial charge on any atom is -0.489 e. The molecule has 3 rings (SSSR count). The number of benzene rings is 1. The SMILES string of the molecule is CNC(=O)c1ccc(S(=O)(=O)NC2CCC(Oc3cccnc3C)CC2)cc1. The molecule has 1 aliphatic carbocycles. The summed E-state index contributed by atoms with van der Waals surface area (Å²) in [7, 11) is -2.09. The zero-order valence-corrected chi connectivity index (χ0v) is 16.8. The Bertz CT molecular complexity index is 921. The van der Waals surface area contributed by atoms with Gasteiger partial charge in [-0.15, -0.1) is 0 Å². The molecule has 1 aliphatic rings. The van der Waals surface area contributed by atoms with Gasteiger partial charge in [0.2, 0.25) is 10.0 Å². The average molecular weight is 404 g/mol. The molecule has 0 radical (unpaired) electrons. The largest absolute Gasteiger partial charge is 0.489 e. The third-order valence-electron chi connectivity index (χ3n) is 4.90. The molecular formula is C20H25N3O4S. The van der Waals surface area contributed by atoms with Crippen LogP contribution in [0.15, 0.2) is 47.5 Å². The molecule has 7 nitrogen and oxygen atoms in total. The van der Waals surface area contributed by atoms with Crippen molar-refractivity contribution >= 4 is 15.9 Å². The monoisotopic (exact) mass is 403 g/mol. The Morgan fingerprint density at radius 3 is 2.39 bits per heavy atom. The van der Waals surface area contributed by atoms with Crippen molar-refractivity contribution in [2.24, 2.45) is 0 Å². The number of hydrogen-bond acceptors (Lipinski definition) is 5. The van der Waals surface area contributed by atoms with E-state index in [2.05, 4.69) is 15.0 Å². The molecule has 0 aliphatic heterocycles. The minimum atomic E-state index is -3.62. The number of carbonyl (C=O) groups is 1. The lowest BCUT2D eigenvalue weighted by Crippen LogP contribution is -2.39. The van der Waals surface area contributed by atoms with E-state index in [1.807, 2.05) is 19.1 Å². The molecule has 150 valence electrons. The molecule has 2 aromatic rings. The first-order chi connectivity index (χ1) is 13.4. The van der Waals surface area contributed by atoms with Crippen LogP contribution in [0, 0.1) is 6.92 Å². The number of amides is 1. The molecule has 0 unspecified atom stereocenters. The van der Waals surface area contributed by atoms with E-state index < -0.39 is 10.0 Å². The highest BCUT2D eigenvalue weighted by Gasteiger charge is 2.27. The molecule has 0 saturated heterocycles. The van der Waals surface area contributed by atoms with Crippen LogP contribution >= 0.6 is 0 Å². The molecule has 0 atom stereocenters. The summed E-state index contributed by atoms with van der Waals surface area (Å²) in [6.45, 7) is 1.91. The molecule has 0 spiro atoms. The highest BCUT2D eigenvalue weighted by molar-refractivity contribution is 7.89. The van der Waals surface area contributed by atoms with Gasteiger partial charge in [0.25, 0.3) is 5.91 Å². The van der Waals surface area contributed by atoms with Gasteiger partial charge in [-0.25, -0.2) is 13.1 Å². The van der Waals surface area contributed by atoms with Crippen molar-refractivity contribution < 1.29 is 17.9 Å². The summed E-state index contributed by atoms with van der Waals surface area (Å²) in [5.41, 5.74) is 1.27. The predicted molar refractivity (Wildman–Crippen MR) is 106 cm³/mol. The van der Waals surface area contributed by atoms with E-state index in [0.717, 1.165) is 24.3 Å². The van der Waals surface area contributed by atoms with Gasteiger partial charge in [0.05, 0.1) is 16.7 Å². The fraction of sp³-hybridized carbons (Fsp3) is 0.400. The van der Waals surface area contributed by atoms with Crippen molar-refractivity contribution in [2.45, 2.75) is 49.6 Å². The van der Waals surface area contributed by atoms with Gasteiger partial charge >= 0.3 is 0 Å². The summed E-state index contributed by atoms with van der Waals surface area (Å²) in [6, 6.07) is 9.54. The molecule has 2 N–H and O–H groups in total. The first-order valence-corrected chi connectivity index (χ1v) is 10.8. The number of nitrogens with one attached hydrogen (secondary N) is 2. The van der Waals surface area contributed by atoms with E-state index in [1.165, 1.54) is 31.3 Å². The van der Waals surface area contributed by atoms with Gasteiger partial charge in [0.15, 0.2) is 0 Å². The first kappa shape index (κ1) is 20.3. The Morgan fingerprint density at radius 2 is 1.79 bits per heavy atom. The molecule has 1 saturated carbocycles. The maximum atomic E-state index is 12.6. The van der Waals surface area contributed by atoms with Gasteiger partial charge in [-0.2, -0.15) is 0 Å². The maximum absolute atomic E-state index is 12.6. The lowest BCUT2D eigenvalue weighted by Gasteiger charge is -2.29. The number of aryl methyl sites for hydroxylation is 1. The van der Waals surface area contributed by atoms with Crippen LogP contribution in [0.3, 0.4) is 0 Å². The summed E-state index contributed by atoms with van der Waals surface area (Å²) in [5.74, 6) is 0.529. The van der Waals surface area contributed by atoms with Gasteiger partial charge in [-0.3, -0.25) is 9.78 Å². The second-order valence-corrected chi connectivity index (χ2v) is 8.62. The van der Waals surface area contributed by atoms with E-state index >= 15 is 0 Å². The highest BCUT2D eigenvalue weighted by Crippen LogP contribution is 2.26. The third-order valence-corrected chi connectivity index (χ3v) is 6.44. The number of rotatable bonds is 6. The van der Waals surface area contributed by atoms with E-state index in [0.29, 0.717) is 18.4 Å². The fourth-order valence-corrected chi connectivity index (χ4v) is 4.59. The lowest BCUT2D eigenvalue weighted by molar-refractivity contribution is 0.0963. The number of carbonyl (C=O) groups excluding carboxylic acids is 1. The van der Waals surface area contributed by atoms with Crippen LogP contribution in [0.1, 0.15) is 41.7 Å². The van der Waals surface area contributed by atoms with Crippen LogP contribution in [-0.2, 0) is 10.0 Å². The van der Waals surface area contributed by atoms with E-state index in [4.69, 9.17) is 4.74 Å². The molecule has 0 bridgehead atoms. The number of hydrogen-bond donors (Lipinski definition) is 2. The topological polar surface area (TPSA) is 97.4 Å². The molecule has 1 fully saturated rings. The van der Waals surface area contributed by atoms with Crippen LogP contribution in [0.5, 0.6) is 5.75 Å². The molecule has 1 aromatic carbocycles. The van der Waals surface area contributed by atoms with Crippen LogP contribution in [0.2, 0.25) is 0 Å². The molecule has 1 aromatic heterocycles. The number of sulfonamides is 1. The molecule has 28 heavy (non-hydrogen) atoms. The second kappa shape index (κ2) is 8.70. The normalized spacial score (nSPS) is 19.8. The number of pyridine rings is 1. The predicted octanol–water partition coefficient (Wildman–Crippen LogP) is 2.42. The van der Waals surface area contributed by atoms with E-state index in [1.54, 1.807) is 6.20 Å². The van der Waals surface area contributed by atoms with Crippen molar-refractivity contribution in [3.05, 3.63) is 53.9 Å². The van der Waals surface area contributed by atoms with Gasteiger partial charge in [-0.1, -0.05) is 0 Å². The summed E-state index contributed by atoms with van der Waals surface area (Å²) in [6.07, 6.45) is 4.76. The van der Waals surface area contributed by atoms with Crippen molar-refractivity contribution in [2.75, 3.05) is 7.05 Å². The average Bonchev–Trinajstić information content (AvgIpc) is 2.70. The molecule has 1 amide bonds. The van der Waals surface area contributed by atoms with Crippen LogP contribution in [0.25, 0.3) is 0 Å². The Labute approximate surface area is 165 Å². The zero-order valence-electron chi connectivity index (χ0n) is 16.0. The second-order valence-electron chi connectivity index (χ2n) is 6.90. The summed E-state index contributed by atoms with van der Waals surface area (Å²) in [4.78, 5) is 16.0. The molecule has 8 heteroatoms. The van der Waals surface area contributed by atoms with Crippen molar-refractivity contribution in [1.29, 1.82) is 0 Å². The van der Waals surface area contributed by atoms with E-state index in [9.17, 15) is 13.2 Å². The summed E-state index contributed by atoms with van der Waals surface area (Å²) in [5, 5.41) is 2.51. The number of nitrogens with zero attached hydrogens (tertiary/aromatic N) is 1. The van der Waals surface area contributed by atoms with Crippen molar-refractivity contribution in [3.8, 4) is 5.75 Å². The third kappa shape index (κ3) is 4.88. The summed E-state index contributed by atoms with van der Waals surface area (Å²) >= 11 is 0. The Kier molecular flexibility index (Phi) is 6.31. The Hall–Kier alpha value is -2.45. The van der Waals surface area contributed by atoms with Crippen molar-refractivity contribution in [1.82, 2.24) is 15.0 Å². The van der Waals surface area contributed by atoms with Gasteiger partial charge in [-0.05, 0) is 69.0 Å². The zero-order chi connectivity index (χ0) is 20.1. The van der Waals surface area contributed by atoms with Crippen LogP contribution in [-0.4, -0.2) is 38.5 Å². The number of ether oxygens (including phenoxy) is 1. The van der Waals surface area contributed by atoms with Gasteiger partial charge in [0.1, 0.15) is 5.75 Å². The molecule has 1 heterocycles. The quantitative estimate of drug-likeness (QED) is 0.772. The Morgan fingerprint density at radius 1 is 1.11 bits per heavy atom. The van der Waals surface area contributed by atoms with Crippen molar-refractivity contribution in [3.63, 3.8) is 0 Å². The standard InChI is InChI=1S/C20H25N3O4S/c1-14-19(4-3-13-22-14)27-17-9-7-16(8-10-17)23-28(25,26)18-11-5-15(6-12-18)20(24)21-2/h3-6,11-13,16-17,23H,7-10H2,1-2H3,(H,21,24). The molecular weight excluding hydrogens is 378 g/mol. The minimum absolute atomic E-state index is 0.0653. The smallest absolute Gasteiger partial charge is 0.251 e. The van der Waals surface area contributed by atoms with Crippen LogP contribution in [0.4, 0.5) is 0 Å². The highest BCUT2D eigenvalue weighted by atomic mass is 32.2. The Balaban J connectivity index is 1.56. The summed E-state index contributed by atoms with van der Waals surface area (Å²) < 4.78 is 34.0. The first-order valence-electron chi connectivity index (χ1n) is 9.32.